The number of aryl methyl sites for hydroxylation is 2. The van der Waals surface area contributed by atoms with Gasteiger partial charge in [0.25, 0.3) is 0 Å². The van der Waals surface area contributed by atoms with Crippen LogP contribution in [0.1, 0.15) is 51.5 Å². The summed E-state index contributed by atoms with van der Waals surface area (Å²) in [4.78, 5) is 32.1. The standard InChI is InChI=1S/C17H14F3N3O2.C10H10ClN3O2/c1-3-25-16(24)14-10(2)22-23-9-8-13(21-15(14)23)11-6-4-5-7-12(11)17(18,19)20;1-3-16-10(15)8-6(2)13-14-5-4-7(11)12-9(8)14/h4-9H,3H2,1-2H3;4-5H,3H2,1-2H3. The first-order valence-electron chi connectivity index (χ1n) is 12.3. The predicted octanol–water partition coefficient (Wildman–Crippen LogP) is 5.77. The molecule has 0 saturated heterocycles. The van der Waals surface area contributed by atoms with E-state index < -0.39 is 23.7 Å². The number of hydrogen-bond donors (Lipinski definition) is 0. The smallest absolute Gasteiger partial charge is 0.417 e. The van der Waals surface area contributed by atoms with Gasteiger partial charge in [0, 0.05) is 18.0 Å². The number of nitrogens with zero attached hydrogens (tertiary/aromatic N) is 6. The van der Waals surface area contributed by atoms with Crippen molar-refractivity contribution in [3.05, 3.63) is 82.0 Å². The summed E-state index contributed by atoms with van der Waals surface area (Å²) < 4.78 is 52.5. The molecule has 0 unspecified atom stereocenters. The predicted molar refractivity (Wildman–Crippen MR) is 143 cm³/mol. The van der Waals surface area contributed by atoms with Crippen molar-refractivity contribution in [3.63, 3.8) is 0 Å². The van der Waals surface area contributed by atoms with Crippen LogP contribution in [0.25, 0.3) is 22.6 Å². The minimum atomic E-state index is -4.51. The van der Waals surface area contributed by atoms with Crippen LogP contribution in [0.4, 0.5) is 13.2 Å². The van der Waals surface area contributed by atoms with Gasteiger partial charge in [-0.2, -0.15) is 23.4 Å². The molecule has 0 saturated carbocycles. The molecule has 0 fully saturated rings. The fraction of sp³-hybridized carbons (Fsp3) is 0.259. The quantitative estimate of drug-likeness (QED) is 0.188. The Balaban J connectivity index is 0.000000208. The first-order valence-corrected chi connectivity index (χ1v) is 12.7. The van der Waals surface area contributed by atoms with Crippen molar-refractivity contribution in [1.29, 1.82) is 0 Å². The Bertz CT molecular complexity index is 1750. The molecule has 4 heterocycles. The Morgan fingerprint density at radius 2 is 1.34 bits per heavy atom. The summed E-state index contributed by atoms with van der Waals surface area (Å²) in [5, 5.41) is 8.62. The molecule has 41 heavy (non-hydrogen) atoms. The lowest BCUT2D eigenvalue weighted by Gasteiger charge is -2.12. The highest BCUT2D eigenvalue weighted by Crippen LogP contribution is 2.36. The van der Waals surface area contributed by atoms with Gasteiger partial charge in [0.2, 0.25) is 0 Å². The number of hydrogen-bond acceptors (Lipinski definition) is 8. The van der Waals surface area contributed by atoms with Crippen LogP contribution in [0.2, 0.25) is 5.15 Å². The van der Waals surface area contributed by atoms with Crippen LogP contribution in [0, 0.1) is 13.8 Å². The highest BCUT2D eigenvalue weighted by Gasteiger charge is 2.34. The van der Waals surface area contributed by atoms with Crippen molar-refractivity contribution in [2.75, 3.05) is 13.2 Å². The van der Waals surface area contributed by atoms with Crippen LogP contribution in [0.3, 0.4) is 0 Å². The second kappa shape index (κ2) is 11.9. The van der Waals surface area contributed by atoms with Gasteiger partial charge in [-0.3, -0.25) is 0 Å². The Morgan fingerprint density at radius 1 is 0.829 bits per heavy atom. The second-order valence-corrected chi connectivity index (χ2v) is 8.89. The molecule has 0 radical (unpaired) electrons. The van der Waals surface area contributed by atoms with Crippen molar-refractivity contribution < 1.29 is 32.2 Å². The Labute approximate surface area is 236 Å². The fourth-order valence-electron chi connectivity index (χ4n) is 4.04. The summed E-state index contributed by atoms with van der Waals surface area (Å²) in [5.41, 5.74) is 1.31. The molecule has 0 N–H and O–H groups in total. The van der Waals surface area contributed by atoms with Gasteiger partial charge in [-0.15, -0.1) is 0 Å². The summed E-state index contributed by atoms with van der Waals surface area (Å²) in [5.74, 6) is -1.03. The largest absolute Gasteiger partial charge is 0.462 e. The van der Waals surface area contributed by atoms with E-state index in [0.717, 1.165) is 6.07 Å². The summed E-state index contributed by atoms with van der Waals surface area (Å²) >= 11 is 5.78. The maximum atomic E-state index is 13.2. The van der Waals surface area contributed by atoms with Crippen LogP contribution in [-0.2, 0) is 15.7 Å². The van der Waals surface area contributed by atoms with Crippen LogP contribution in [-0.4, -0.2) is 54.3 Å². The summed E-state index contributed by atoms with van der Waals surface area (Å²) in [6.45, 7) is 7.25. The Hall–Kier alpha value is -4.52. The Kier molecular flexibility index (Phi) is 8.57. The average Bonchev–Trinajstić information content (AvgIpc) is 3.43. The molecule has 4 aromatic heterocycles. The van der Waals surface area contributed by atoms with Gasteiger partial charge >= 0.3 is 18.1 Å². The number of ether oxygens (including phenoxy) is 2. The minimum absolute atomic E-state index is 0.0637. The van der Waals surface area contributed by atoms with Crippen molar-refractivity contribution >= 4 is 34.8 Å². The van der Waals surface area contributed by atoms with E-state index in [1.54, 1.807) is 40.0 Å². The number of carbonyl (C=O) groups excluding carboxylic acids is 2. The maximum Gasteiger partial charge on any atom is 0.417 e. The third-order valence-electron chi connectivity index (χ3n) is 5.75. The molecule has 0 bridgehead atoms. The molecule has 5 rings (SSSR count). The molecule has 0 aliphatic carbocycles. The van der Waals surface area contributed by atoms with E-state index in [0.29, 0.717) is 34.4 Å². The lowest BCUT2D eigenvalue weighted by molar-refractivity contribution is -0.137. The molecule has 0 aliphatic heterocycles. The van der Waals surface area contributed by atoms with Gasteiger partial charge in [0.1, 0.15) is 16.3 Å². The number of benzene rings is 1. The first kappa shape index (κ1) is 29.5. The third kappa shape index (κ3) is 6.14. The molecule has 5 aromatic rings. The monoisotopic (exact) mass is 588 g/mol. The molecule has 1 aromatic carbocycles. The molecule has 0 aliphatic rings. The summed E-state index contributed by atoms with van der Waals surface area (Å²) in [7, 11) is 0. The molecule has 0 atom stereocenters. The van der Waals surface area contributed by atoms with E-state index in [1.165, 1.54) is 39.5 Å². The number of fused-ring (bicyclic) bond motifs is 2. The van der Waals surface area contributed by atoms with Crippen molar-refractivity contribution in [1.82, 2.24) is 29.2 Å². The fourth-order valence-corrected chi connectivity index (χ4v) is 4.18. The van der Waals surface area contributed by atoms with Gasteiger partial charge in [-0.1, -0.05) is 29.8 Å². The number of carbonyl (C=O) groups is 2. The molecule has 0 spiro atoms. The van der Waals surface area contributed by atoms with Gasteiger partial charge in [-0.05, 0) is 45.9 Å². The van der Waals surface area contributed by atoms with Crippen molar-refractivity contribution in [2.24, 2.45) is 0 Å². The zero-order valence-electron chi connectivity index (χ0n) is 22.4. The maximum absolute atomic E-state index is 13.2. The van der Waals surface area contributed by atoms with Gasteiger partial charge < -0.3 is 9.47 Å². The van der Waals surface area contributed by atoms with Crippen LogP contribution < -0.4 is 0 Å². The SMILES string of the molecule is CCOC(=O)c1c(C)nn2ccc(-c3ccccc3C(F)(F)F)nc12.CCOC(=O)c1c(C)nn2ccc(Cl)nc12. The van der Waals surface area contributed by atoms with Crippen LogP contribution >= 0.6 is 11.6 Å². The molecule has 0 amide bonds. The molecule has 10 nitrogen and oxygen atoms in total. The zero-order chi connectivity index (χ0) is 29.9. The van der Waals surface area contributed by atoms with E-state index in [9.17, 15) is 22.8 Å². The number of rotatable bonds is 5. The minimum Gasteiger partial charge on any atom is -0.462 e. The lowest BCUT2D eigenvalue weighted by Crippen LogP contribution is -2.08. The topological polar surface area (TPSA) is 113 Å². The van der Waals surface area contributed by atoms with Crippen LogP contribution in [0.5, 0.6) is 0 Å². The zero-order valence-corrected chi connectivity index (χ0v) is 23.1. The molecule has 14 heteroatoms. The van der Waals surface area contributed by atoms with Gasteiger partial charge in [-0.25, -0.2) is 28.6 Å². The molecular weight excluding hydrogens is 565 g/mol. The molecule has 214 valence electrons. The van der Waals surface area contributed by atoms with E-state index in [2.05, 4.69) is 20.2 Å². The van der Waals surface area contributed by atoms with E-state index in [-0.39, 0.29) is 29.1 Å². The second-order valence-electron chi connectivity index (χ2n) is 8.50. The number of alkyl halides is 3. The number of aromatic nitrogens is 6. The van der Waals surface area contributed by atoms with E-state index in [1.807, 2.05) is 0 Å². The first-order chi connectivity index (χ1) is 19.5. The van der Waals surface area contributed by atoms with E-state index >= 15 is 0 Å². The van der Waals surface area contributed by atoms with Crippen LogP contribution in [0.15, 0.2) is 48.8 Å². The van der Waals surface area contributed by atoms with Crippen molar-refractivity contribution in [2.45, 2.75) is 33.9 Å². The number of halogens is 4. The third-order valence-corrected chi connectivity index (χ3v) is 5.96. The van der Waals surface area contributed by atoms with Crippen molar-refractivity contribution in [3.8, 4) is 11.3 Å². The highest BCUT2D eigenvalue weighted by molar-refractivity contribution is 6.29. The van der Waals surface area contributed by atoms with Gasteiger partial charge in [0.15, 0.2) is 11.3 Å². The van der Waals surface area contributed by atoms with E-state index in [4.69, 9.17) is 21.1 Å². The lowest BCUT2D eigenvalue weighted by atomic mass is 10.0. The average molecular weight is 589 g/mol. The van der Waals surface area contributed by atoms with Gasteiger partial charge in [0.05, 0.1) is 35.9 Å². The number of esters is 2. The molecular formula is C27H24ClF3N6O4. The highest BCUT2D eigenvalue weighted by atomic mass is 35.5. The Morgan fingerprint density at radius 3 is 1.88 bits per heavy atom. The summed E-state index contributed by atoms with van der Waals surface area (Å²) in [6.07, 6.45) is -1.38. The normalized spacial score (nSPS) is 11.3. The summed E-state index contributed by atoms with van der Waals surface area (Å²) in [6, 6.07) is 8.20.